The summed E-state index contributed by atoms with van der Waals surface area (Å²) in [6.45, 7) is 2.99. The van der Waals surface area contributed by atoms with Crippen molar-refractivity contribution in [3.8, 4) is 0 Å². The lowest BCUT2D eigenvalue weighted by atomic mass is 10.0. The maximum Gasteiger partial charge on any atom is 0.264 e. The van der Waals surface area contributed by atoms with Gasteiger partial charge in [0.25, 0.3) is 5.91 Å². The molecule has 148 valence electrons. The van der Waals surface area contributed by atoms with Crippen LogP contribution in [0.3, 0.4) is 0 Å². The zero-order chi connectivity index (χ0) is 20.2. The van der Waals surface area contributed by atoms with Crippen LogP contribution in [0.15, 0.2) is 71.2 Å². The summed E-state index contributed by atoms with van der Waals surface area (Å²) in [5, 5.41) is 6.85. The maximum atomic E-state index is 13.1. The van der Waals surface area contributed by atoms with E-state index >= 15 is 0 Å². The molecule has 29 heavy (non-hydrogen) atoms. The summed E-state index contributed by atoms with van der Waals surface area (Å²) in [6.07, 6.45) is 0.502. The molecule has 0 saturated carbocycles. The van der Waals surface area contributed by atoms with Crippen molar-refractivity contribution in [1.82, 2.24) is 4.90 Å². The molecule has 3 aromatic rings. The summed E-state index contributed by atoms with van der Waals surface area (Å²) in [5.74, 6) is -0.00707. The molecule has 0 N–H and O–H groups in total. The molecule has 1 aromatic heterocycles. The van der Waals surface area contributed by atoms with Crippen LogP contribution >= 0.6 is 22.9 Å². The normalized spacial score (nSPS) is 15.7. The Hall–Kier alpha value is -2.63. The second-order valence-corrected chi connectivity index (χ2v) is 8.51. The van der Waals surface area contributed by atoms with Gasteiger partial charge in [-0.3, -0.25) is 4.79 Å². The van der Waals surface area contributed by atoms with E-state index < -0.39 is 0 Å². The van der Waals surface area contributed by atoms with Crippen molar-refractivity contribution in [2.24, 2.45) is 5.16 Å². The third-order valence-corrected chi connectivity index (χ3v) is 5.92. The Morgan fingerprint density at radius 3 is 2.76 bits per heavy atom. The van der Waals surface area contributed by atoms with Gasteiger partial charge in [-0.25, -0.2) is 0 Å². The molecule has 1 aliphatic heterocycles. The third-order valence-electron chi connectivity index (χ3n) is 4.82. The minimum atomic E-state index is -0.172. The molecule has 4 rings (SSSR count). The van der Waals surface area contributed by atoms with Crippen LogP contribution in [0.25, 0.3) is 0 Å². The second kappa shape index (κ2) is 8.80. The lowest BCUT2D eigenvalue weighted by molar-refractivity contribution is 0.0408. The van der Waals surface area contributed by atoms with Crippen molar-refractivity contribution in [2.75, 3.05) is 6.54 Å². The highest BCUT2D eigenvalue weighted by atomic mass is 35.5. The van der Waals surface area contributed by atoms with Crippen LogP contribution in [0.1, 0.15) is 32.8 Å². The molecular formula is C23H21ClN2O2S. The second-order valence-electron chi connectivity index (χ2n) is 7.13. The first-order chi connectivity index (χ1) is 14.1. The SMILES string of the molecule is Cc1ccc(C2=NO[C@H](CN(Cc3cccc(Cl)c3)C(=O)c3cccs3)C2)cc1. The van der Waals surface area contributed by atoms with Gasteiger partial charge in [0.05, 0.1) is 17.1 Å². The molecule has 0 spiro atoms. The zero-order valence-corrected chi connectivity index (χ0v) is 17.6. The van der Waals surface area contributed by atoms with E-state index in [9.17, 15) is 4.79 Å². The molecule has 6 heteroatoms. The zero-order valence-electron chi connectivity index (χ0n) is 16.0. The number of halogens is 1. The van der Waals surface area contributed by atoms with E-state index in [-0.39, 0.29) is 12.0 Å². The Kier molecular flexibility index (Phi) is 5.97. The summed E-state index contributed by atoms with van der Waals surface area (Å²) in [7, 11) is 0. The Morgan fingerprint density at radius 1 is 1.21 bits per heavy atom. The molecule has 1 aliphatic rings. The van der Waals surface area contributed by atoms with Gasteiger partial charge in [0.2, 0.25) is 0 Å². The predicted octanol–water partition coefficient (Wildman–Crippen LogP) is 5.55. The standard InChI is InChI=1S/C23H21ClN2O2S/c1-16-7-9-18(10-8-16)21-13-20(28-25-21)15-26(23(27)22-6-3-11-29-22)14-17-4-2-5-19(24)12-17/h2-12,20H,13-15H2,1H3/t20-/m0/s1. The highest BCUT2D eigenvalue weighted by molar-refractivity contribution is 7.12. The first-order valence-corrected chi connectivity index (χ1v) is 10.7. The van der Waals surface area contributed by atoms with E-state index in [1.807, 2.05) is 46.7 Å². The summed E-state index contributed by atoms with van der Waals surface area (Å²) in [5.41, 5.74) is 4.17. The molecule has 0 bridgehead atoms. The quantitative estimate of drug-likeness (QED) is 0.520. The molecule has 4 nitrogen and oxygen atoms in total. The molecule has 2 aromatic carbocycles. The van der Waals surface area contributed by atoms with Gasteiger partial charge < -0.3 is 9.74 Å². The number of thiophene rings is 1. The van der Waals surface area contributed by atoms with Crippen LogP contribution in [-0.4, -0.2) is 29.2 Å². The summed E-state index contributed by atoms with van der Waals surface area (Å²) < 4.78 is 0. The van der Waals surface area contributed by atoms with Gasteiger partial charge in [0.1, 0.15) is 0 Å². The average Bonchev–Trinajstić information content (AvgIpc) is 3.40. The lowest BCUT2D eigenvalue weighted by Gasteiger charge is -2.24. The molecule has 1 amide bonds. The molecule has 0 saturated heterocycles. The van der Waals surface area contributed by atoms with Crippen molar-refractivity contribution in [2.45, 2.75) is 26.0 Å². The van der Waals surface area contributed by atoms with Gasteiger partial charge in [-0.15, -0.1) is 11.3 Å². The van der Waals surface area contributed by atoms with E-state index in [0.717, 1.165) is 16.8 Å². The molecule has 0 radical (unpaired) electrons. The first kappa shape index (κ1) is 19.7. The van der Waals surface area contributed by atoms with Crippen molar-refractivity contribution in [3.63, 3.8) is 0 Å². The summed E-state index contributed by atoms with van der Waals surface area (Å²) in [6, 6.07) is 19.6. The highest BCUT2D eigenvalue weighted by Gasteiger charge is 2.27. The summed E-state index contributed by atoms with van der Waals surface area (Å²) in [4.78, 5) is 21.3. The molecule has 1 atom stereocenters. The lowest BCUT2D eigenvalue weighted by Crippen LogP contribution is -2.37. The molecule has 0 fully saturated rings. The number of carbonyl (C=O) groups excluding carboxylic acids is 1. The fourth-order valence-electron chi connectivity index (χ4n) is 3.32. The van der Waals surface area contributed by atoms with E-state index in [0.29, 0.717) is 29.4 Å². The van der Waals surface area contributed by atoms with Crippen LogP contribution in [0, 0.1) is 6.92 Å². The Bertz CT molecular complexity index is 1020. The van der Waals surface area contributed by atoms with Crippen LogP contribution in [0.4, 0.5) is 0 Å². The van der Waals surface area contributed by atoms with E-state index in [4.69, 9.17) is 16.4 Å². The number of hydrogen-bond acceptors (Lipinski definition) is 4. The Morgan fingerprint density at radius 2 is 2.03 bits per heavy atom. The van der Waals surface area contributed by atoms with Crippen LogP contribution in [0.2, 0.25) is 5.02 Å². The van der Waals surface area contributed by atoms with Crippen molar-refractivity contribution in [1.29, 1.82) is 0 Å². The van der Waals surface area contributed by atoms with E-state index in [1.165, 1.54) is 16.9 Å². The molecule has 0 unspecified atom stereocenters. The maximum absolute atomic E-state index is 13.1. The Balaban J connectivity index is 1.48. The number of nitrogens with zero attached hydrogens (tertiary/aromatic N) is 2. The van der Waals surface area contributed by atoms with Gasteiger partial charge in [-0.2, -0.15) is 0 Å². The third kappa shape index (κ3) is 4.86. The number of carbonyl (C=O) groups is 1. The fraction of sp³-hybridized carbons (Fsp3) is 0.217. The number of rotatable bonds is 6. The highest BCUT2D eigenvalue weighted by Crippen LogP contribution is 2.22. The number of hydrogen-bond donors (Lipinski definition) is 0. The number of oxime groups is 1. The number of amides is 1. The van der Waals surface area contributed by atoms with Gasteiger partial charge >= 0.3 is 0 Å². The minimum absolute atomic E-state index is 0.00707. The van der Waals surface area contributed by atoms with Crippen LogP contribution in [-0.2, 0) is 11.4 Å². The van der Waals surface area contributed by atoms with Gasteiger partial charge in [-0.05, 0) is 41.6 Å². The smallest absolute Gasteiger partial charge is 0.264 e. The number of aryl methyl sites for hydroxylation is 1. The summed E-state index contributed by atoms with van der Waals surface area (Å²) >= 11 is 7.57. The van der Waals surface area contributed by atoms with Crippen LogP contribution < -0.4 is 0 Å². The van der Waals surface area contributed by atoms with E-state index in [2.05, 4.69) is 36.3 Å². The monoisotopic (exact) mass is 424 g/mol. The molecule has 0 aliphatic carbocycles. The van der Waals surface area contributed by atoms with Gasteiger partial charge in [-0.1, -0.05) is 64.8 Å². The van der Waals surface area contributed by atoms with E-state index in [1.54, 1.807) is 0 Å². The van der Waals surface area contributed by atoms with Gasteiger partial charge in [0.15, 0.2) is 6.10 Å². The largest absolute Gasteiger partial charge is 0.390 e. The Labute approximate surface area is 179 Å². The minimum Gasteiger partial charge on any atom is -0.390 e. The van der Waals surface area contributed by atoms with Crippen molar-refractivity contribution in [3.05, 3.63) is 92.6 Å². The van der Waals surface area contributed by atoms with Crippen molar-refractivity contribution >= 4 is 34.6 Å². The van der Waals surface area contributed by atoms with Crippen molar-refractivity contribution < 1.29 is 9.63 Å². The van der Waals surface area contributed by atoms with Gasteiger partial charge in [0, 0.05) is 18.0 Å². The molecule has 2 heterocycles. The molecular weight excluding hydrogens is 404 g/mol. The average molecular weight is 425 g/mol. The number of benzene rings is 2. The predicted molar refractivity (Wildman–Crippen MR) is 118 cm³/mol. The first-order valence-electron chi connectivity index (χ1n) is 9.45. The van der Waals surface area contributed by atoms with Crippen LogP contribution in [0.5, 0.6) is 0 Å². The fourth-order valence-corrected chi connectivity index (χ4v) is 4.22. The topological polar surface area (TPSA) is 41.9 Å².